The van der Waals surface area contributed by atoms with Crippen LogP contribution in [-0.4, -0.2) is 6.29 Å². The van der Waals surface area contributed by atoms with Crippen LogP contribution >= 0.6 is 22.9 Å². The van der Waals surface area contributed by atoms with Crippen molar-refractivity contribution in [2.45, 2.75) is 19.6 Å². The maximum atomic E-state index is 10.8. The van der Waals surface area contributed by atoms with Crippen LogP contribution in [0.1, 0.15) is 38.0 Å². The largest absolute Gasteiger partial charge is 0.364 e. The van der Waals surface area contributed by atoms with Crippen LogP contribution in [0.3, 0.4) is 0 Å². The van der Waals surface area contributed by atoms with Gasteiger partial charge in [-0.05, 0) is 24.1 Å². The van der Waals surface area contributed by atoms with Crippen molar-refractivity contribution in [3.63, 3.8) is 0 Å². The summed E-state index contributed by atoms with van der Waals surface area (Å²) < 4.78 is 6.45. The van der Waals surface area contributed by atoms with Gasteiger partial charge in [-0.3, -0.25) is 4.79 Å². The van der Waals surface area contributed by atoms with E-state index < -0.39 is 0 Å². The highest BCUT2D eigenvalue weighted by molar-refractivity contribution is 7.17. The standard InChI is InChI=1S/C14H11ClO2S/c1-8-2-3-9-7-17-13(11(9)4-8)12-5-10(6-16)18-14(12)15/h2-6,13H,7H2,1H3. The number of hydrogen-bond donors (Lipinski definition) is 0. The van der Waals surface area contributed by atoms with Crippen molar-refractivity contribution in [1.29, 1.82) is 0 Å². The molecule has 1 aromatic heterocycles. The quantitative estimate of drug-likeness (QED) is 0.772. The van der Waals surface area contributed by atoms with Gasteiger partial charge in [0, 0.05) is 5.56 Å². The topological polar surface area (TPSA) is 26.3 Å². The van der Waals surface area contributed by atoms with Gasteiger partial charge in [-0.25, -0.2) is 0 Å². The van der Waals surface area contributed by atoms with E-state index in [-0.39, 0.29) is 6.10 Å². The van der Waals surface area contributed by atoms with Crippen molar-refractivity contribution < 1.29 is 9.53 Å². The number of aryl methyl sites for hydroxylation is 1. The lowest BCUT2D eigenvalue weighted by Crippen LogP contribution is -1.97. The second-order valence-electron chi connectivity index (χ2n) is 4.39. The number of carbonyl (C=O) groups excluding carboxylic acids is 1. The SMILES string of the molecule is Cc1ccc2c(c1)C(c1cc(C=O)sc1Cl)OC2. The minimum atomic E-state index is -0.141. The van der Waals surface area contributed by atoms with E-state index in [1.54, 1.807) is 0 Å². The zero-order valence-corrected chi connectivity index (χ0v) is 11.3. The number of ether oxygens (including phenoxy) is 1. The van der Waals surface area contributed by atoms with Gasteiger partial charge in [0.05, 0.1) is 15.8 Å². The Kier molecular flexibility index (Phi) is 2.98. The van der Waals surface area contributed by atoms with E-state index in [0.717, 1.165) is 17.4 Å². The Labute approximate surface area is 114 Å². The van der Waals surface area contributed by atoms with Gasteiger partial charge in [0.25, 0.3) is 0 Å². The number of thiophene rings is 1. The lowest BCUT2D eigenvalue weighted by molar-refractivity contribution is 0.0942. The van der Waals surface area contributed by atoms with E-state index in [4.69, 9.17) is 16.3 Å². The fraction of sp³-hybridized carbons (Fsp3) is 0.214. The Morgan fingerprint density at radius 2 is 2.22 bits per heavy atom. The van der Waals surface area contributed by atoms with E-state index in [1.807, 2.05) is 6.07 Å². The smallest absolute Gasteiger partial charge is 0.160 e. The Morgan fingerprint density at radius 1 is 1.39 bits per heavy atom. The molecule has 0 N–H and O–H groups in total. The van der Waals surface area contributed by atoms with E-state index in [2.05, 4.69) is 25.1 Å². The molecule has 18 heavy (non-hydrogen) atoms. The van der Waals surface area contributed by atoms with Crippen molar-refractivity contribution in [2.24, 2.45) is 0 Å². The molecular formula is C14H11ClO2S. The molecule has 1 aliphatic rings. The van der Waals surface area contributed by atoms with Crippen LogP contribution in [0.2, 0.25) is 4.34 Å². The lowest BCUT2D eigenvalue weighted by atomic mass is 9.99. The summed E-state index contributed by atoms with van der Waals surface area (Å²) >= 11 is 7.49. The van der Waals surface area contributed by atoms with Crippen molar-refractivity contribution in [2.75, 3.05) is 0 Å². The zero-order chi connectivity index (χ0) is 12.7. The molecule has 0 radical (unpaired) electrons. The molecule has 2 aromatic rings. The average molecular weight is 279 g/mol. The van der Waals surface area contributed by atoms with Gasteiger partial charge < -0.3 is 4.74 Å². The average Bonchev–Trinajstić information content (AvgIpc) is 2.92. The summed E-state index contributed by atoms with van der Waals surface area (Å²) in [4.78, 5) is 11.4. The van der Waals surface area contributed by atoms with Crippen LogP contribution in [0.4, 0.5) is 0 Å². The minimum Gasteiger partial charge on any atom is -0.364 e. The molecule has 1 unspecified atom stereocenters. The molecule has 2 nitrogen and oxygen atoms in total. The highest BCUT2D eigenvalue weighted by atomic mass is 35.5. The highest BCUT2D eigenvalue weighted by Crippen LogP contribution is 2.42. The summed E-state index contributed by atoms with van der Waals surface area (Å²) in [5.74, 6) is 0. The third kappa shape index (κ3) is 1.88. The number of benzene rings is 1. The van der Waals surface area contributed by atoms with Crippen LogP contribution < -0.4 is 0 Å². The molecule has 92 valence electrons. The summed E-state index contributed by atoms with van der Waals surface area (Å²) in [6.07, 6.45) is 0.684. The van der Waals surface area contributed by atoms with Gasteiger partial charge in [-0.1, -0.05) is 35.4 Å². The molecule has 0 bridgehead atoms. The molecular weight excluding hydrogens is 268 g/mol. The van der Waals surface area contributed by atoms with Crippen LogP contribution in [-0.2, 0) is 11.3 Å². The zero-order valence-electron chi connectivity index (χ0n) is 9.77. The van der Waals surface area contributed by atoms with Crippen molar-refractivity contribution in [3.8, 4) is 0 Å². The fourth-order valence-electron chi connectivity index (χ4n) is 2.25. The normalized spacial score (nSPS) is 17.8. The van der Waals surface area contributed by atoms with E-state index in [9.17, 15) is 4.79 Å². The molecule has 1 aliphatic heterocycles. The third-order valence-corrected chi connectivity index (χ3v) is 4.43. The van der Waals surface area contributed by atoms with Crippen LogP contribution in [0.5, 0.6) is 0 Å². The van der Waals surface area contributed by atoms with Crippen LogP contribution in [0.25, 0.3) is 0 Å². The summed E-state index contributed by atoms with van der Waals surface area (Å²) in [5, 5.41) is 0. The Morgan fingerprint density at radius 3 is 2.94 bits per heavy atom. The first-order valence-corrected chi connectivity index (χ1v) is 6.84. The maximum Gasteiger partial charge on any atom is 0.160 e. The summed E-state index contributed by atoms with van der Waals surface area (Å²) in [6, 6.07) is 8.12. The van der Waals surface area contributed by atoms with E-state index >= 15 is 0 Å². The first kappa shape index (κ1) is 11.9. The molecule has 0 saturated heterocycles. The first-order chi connectivity index (χ1) is 8.69. The Balaban J connectivity index is 2.07. The number of hydrogen-bond acceptors (Lipinski definition) is 3. The predicted molar refractivity (Wildman–Crippen MR) is 72.5 cm³/mol. The Bertz CT molecular complexity index is 618. The molecule has 2 heterocycles. The summed E-state index contributed by atoms with van der Waals surface area (Å²) in [7, 11) is 0. The van der Waals surface area contributed by atoms with Gasteiger partial charge in [0.15, 0.2) is 6.29 Å². The molecule has 0 spiro atoms. The highest BCUT2D eigenvalue weighted by Gasteiger charge is 2.27. The lowest BCUT2D eigenvalue weighted by Gasteiger charge is -2.10. The molecule has 3 rings (SSSR count). The molecule has 0 aliphatic carbocycles. The molecule has 1 aromatic carbocycles. The van der Waals surface area contributed by atoms with Gasteiger partial charge >= 0.3 is 0 Å². The van der Waals surface area contributed by atoms with E-state index in [1.165, 1.54) is 22.5 Å². The van der Waals surface area contributed by atoms with Gasteiger partial charge in [0.1, 0.15) is 6.10 Å². The van der Waals surface area contributed by atoms with Crippen LogP contribution in [0.15, 0.2) is 24.3 Å². The van der Waals surface area contributed by atoms with Crippen molar-refractivity contribution in [1.82, 2.24) is 0 Å². The molecule has 0 amide bonds. The Hall–Kier alpha value is -1.16. The summed E-state index contributed by atoms with van der Waals surface area (Å²) in [6.45, 7) is 2.66. The molecule has 4 heteroatoms. The number of fused-ring (bicyclic) bond motifs is 1. The van der Waals surface area contributed by atoms with Crippen molar-refractivity contribution in [3.05, 3.63) is 55.7 Å². The summed E-state index contributed by atoms with van der Waals surface area (Å²) in [5.41, 5.74) is 4.45. The second-order valence-corrected chi connectivity index (χ2v) is 6.07. The predicted octanol–water partition coefficient (Wildman–Crippen LogP) is 4.14. The van der Waals surface area contributed by atoms with Gasteiger partial charge in [-0.15, -0.1) is 11.3 Å². The third-order valence-electron chi connectivity index (χ3n) is 3.12. The molecule has 0 saturated carbocycles. The molecule has 0 fully saturated rings. The number of rotatable bonds is 2. The maximum absolute atomic E-state index is 10.8. The fourth-order valence-corrected chi connectivity index (χ4v) is 3.39. The molecule has 1 atom stereocenters. The monoisotopic (exact) mass is 278 g/mol. The van der Waals surface area contributed by atoms with E-state index in [0.29, 0.717) is 15.8 Å². The minimum absolute atomic E-state index is 0.141. The van der Waals surface area contributed by atoms with Gasteiger partial charge in [0.2, 0.25) is 0 Å². The number of halogens is 1. The van der Waals surface area contributed by atoms with Gasteiger partial charge in [-0.2, -0.15) is 0 Å². The second kappa shape index (κ2) is 4.50. The number of aldehydes is 1. The van der Waals surface area contributed by atoms with Crippen LogP contribution in [0, 0.1) is 6.92 Å². The van der Waals surface area contributed by atoms with Crippen molar-refractivity contribution >= 4 is 29.2 Å². The number of carbonyl (C=O) groups is 1. The first-order valence-electron chi connectivity index (χ1n) is 5.64.